The van der Waals surface area contributed by atoms with Crippen LogP contribution in [0.3, 0.4) is 0 Å². The lowest BCUT2D eigenvalue weighted by atomic mass is 9.74. The number of aliphatic hydroxyl groups is 1. The predicted octanol–water partition coefficient (Wildman–Crippen LogP) is 0.510. The number of methoxy groups -OCH3 is 1. The maximum absolute atomic E-state index is 13.8. The van der Waals surface area contributed by atoms with E-state index in [1.165, 1.54) is 13.3 Å². The fourth-order valence-corrected chi connectivity index (χ4v) is 4.01. The minimum Gasteiger partial charge on any atom is -0.396 e. The van der Waals surface area contributed by atoms with E-state index in [0.29, 0.717) is 31.7 Å². The van der Waals surface area contributed by atoms with Crippen LogP contribution in [0.2, 0.25) is 0 Å². The zero-order chi connectivity index (χ0) is 17.2. The number of nitrogens with zero attached hydrogens (tertiary/aromatic N) is 3. The number of aliphatic hydroxyl groups excluding tert-OH is 1. The Morgan fingerprint density at radius 3 is 3.08 bits per heavy atom. The SMILES string of the molecule is COCC(=O)N1C[C@@H]2CCN(Cc3ccncc3F)C[C@]2(CO)C1. The molecule has 0 unspecified atom stereocenters. The molecule has 2 fully saturated rings. The second-order valence-electron chi connectivity index (χ2n) is 6.89. The standard InChI is InChI=1S/C17H24FN3O3/c1-24-9-16(23)21-8-14-3-5-20(10-17(14,11-21)12-22)7-13-2-4-19-6-15(13)18/h2,4,6,14,22H,3,5,7-12H2,1H3/t14-,17+/m0/s1. The molecule has 0 spiro atoms. The Balaban J connectivity index is 1.70. The summed E-state index contributed by atoms with van der Waals surface area (Å²) in [5.41, 5.74) is 0.285. The van der Waals surface area contributed by atoms with E-state index < -0.39 is 0 Å². The van der Waals surface area contributed by atoms with Crippen LogP contribution in [0.25, 0.3) is 0 Å². The van der Waals surface area contributed by atoms with E-state index >= 15 is 0 Å². The van der Waals surface area contributed by atoms with Crippen LogP contribution in [0.5, 0.6) is 0 Å². The molecule has 0 aliphatic carbocycles. The van der Waals surface area contributed by atoms with Gasteiger partial charge in [-0.05, 0) is 24.9 Å². The first-order valence-electron chi connectivity index (χ1n) is 8.26. The maximum atomic E-state index is 13.8. The number of hydrogen-bond acceptors (Lipinski definition) is 5. The van der Waals surface area contributed by atoms with Crippen LogP contribution < -0.4 is 0 Å². The van der Waals surface area contributed by atoms with Crippen molar-refractivity contribution in [2.45, 2.75) is 13.0 Å². The number of pyridine rings is 1. The summed E-state index contributed by atoms with van der Waals surface area (Å²) in [4.78, 5) is 19.8. The number of ether oxygens (including phenoxy) is 1. The maximum Gasteiger partial charge on any atom is 0.248 e. The molecule has 2 aliphatic heterocycles. The van der Waals surface area contributed by atoms with E-state index in [0.717, 1.165) is 13.0 Å². The molecule has 3 rings (SSSR count). The highest BCUT2D eigenvalue weighted by molar-refractivity contribution is 5.77. The largest absolute Gasteiger partial charge is 0.396 e. The van der Waals surface area contributed by atoms with E-state index in [4.69, 9.17) is 4.74 Å². The Morgan fingerprint density at radius 2 is 2.38 bits per heavy atom. The molecule has 0 saturated carbocycles. The van der Waals surface area contributed by atoms with Gasteiger partial charge in [0.25, 0.3) is 0 Å². The third-order valence-corrected chi connectivity index (χ3v) is 5.33. The summed E-state index contributed by atoms with van der Waals surface area (Å²) in [6.07, 6.45) is 3.71. The van der Waals surface area contributed by atoms with Gasteiger partial charge in [-0.1, -0.05) is 0 Å². The van der Waals surface area contributed by atoms with E-state index in [2.05, 4.69) is 9.88 Å². The normalized spacial score (nSPS) is 27.3. The number of aromatic nitrogens is 1. The van der Waals surface area contributed by atoms with Gasteiger partial charge >= 0.3 is 0 Å². The summed E-state index contributed by atoms with van der Waals surface area (Å²) < 4.78 is 18.8. The number of rotatable bonds is 5. The molecule has 2 saturated heterocycles. The number of amides is 1. The second kappa shape index (κ2) is 7.13. The summed E-state index contributed by atoms with van der Waals surface area (Å²) in [5.74, 6) is -0.0608. The third kappa shape index (κ3) is 3.29. The quantitative estimate of drug-likeness (QED) is 0.848. The highest BCUT2D eigenvalue weighted by atomic mass is 19.1. The average Bonchev–Trinajstić information content (AvgIpc) is 2.97. The Labute approximate surface area is 141 Å². The molecule has 1 aromatic rings. The van der Waals surface area contributed by atoms with Gasteiger partial charge < -0.3 is 14.7 Å². The van der Waals surface area contributed by atoms with Gasteiger partial charge in [-0.3, -0.25) is 14.7 Å². The van der Waals surface area contributed by atoms with E-state index in [9.17, 15) is 14.3 Å². The molecule has 7 heteroatoms. The van der Waals surface area contributed by atoms with Crippen molar-refractivity contribution in [3.8, 4) is 0 Å². The molecule has 2 aliphatic rings. The second-order valence-corrected chi connectivity index (χ2v) is 6.89. The molecule has 24 heavy (non-hydrogen) atoms. The van der Waals surface area contributed by atoms with Crippen molar-refractivity contribution in [1.82, 2.24) is 14.8 Å². The van der Waals surface area contributed by atoms with E-state index in [1.807, 2.05) is 0 Å². The van der Waals surface area contributed by atoms with Crippen LogP contribution in [0.1, 0.15) is 12.0 Å². The molecule has 6 nitrogen and oxygen atoms in total. The predicted molar refractivity (Wildman–Crippen MR) is 85.6 cm³/mol. The van der Waals surface area contributed by atoms with Crippen molar-refractivity contribution in [3.63, 3.8) is 0 Å². The fraction of sp³-hybridized carbons (Fsp3) is 0.647. The first-order valence-corrected chi connectivity index (χ1v) is 8.26. The summed E-state index contributed by atoms with van der Waals surface area (Å²) in [5, 5.41) is 10.0. The van der Waals surface area contributed by atoms with Crippen molar-refractivity contribution in [1.29, 1.82) is 0 Å². The van der Waals surface area contributed by atoms with Crippen molar-refractivity contribution in [2.75, 3.05) is 46.5 Å². The van der Waals surface area contributed by atoms with E-state index in [-0.39, 0.29) is 36.3 Å². The number of halogens is 1. The first-order chi connectivity index (χ1) is 11.6. The van der Waals surface area contributed by atoms with Crippen LogP contribution in [0.15, 0.2) is 18.5 Å². The minimum absolute atomic E-state index is 0.0315. The number of carbonyl (C=O) groups is 1. The summed E-state index contributed by atoms with van der Waals surface area (Å²) in [7, 11) is 1.51. The van der Waals surface area contributed by atoms with Gasteiger partial charge in [0.05, 0.1) is 12.8 Å². The lowest BCUT2D eigenvalue weighted by Crippen LogP contribution is -2.50. The van der Waals surface area contributed by atoms with Gasteiger partial charge in [-0.15, -0.1) is 0 Å². The number of piperidine rings is 1. The lowest BCUT2D eigenvalue weighted by molar-refractivity contribution is -0.134. The molecule has 0 bridgehead atoms. The number of likely N-dealkylation sites (tertiary alicyclic amines) is 2. The first kappa shape index (κ1) is 17.3. The summed E-state index contributed by atoms with van der Waals surface area (Å²) in [6.45, 7) is 3.29. The van der Waals surface area contributed by atoms with Gasteiger partial charge in [0.1, 0.15) is 12.4 Å². The van der Waals surface area contributed by atoms with Gasteiger partial charge in [-0.25, -0.2) is 4.39 Å². The third-order valence-electron chi connectivity index (χ3n) is 5.33. The molecule has 1 aromatic heterocycles. The topological polar surface area (TPSA) is 65.9 Å². The highest BCUT2D eigenvalue weighted by Crippen LogP contribution is 2.42. The summed E-state index contributed by atoms with van der Waals surface area (Å²) in [6, 6.07) is 1.69. The number of hydrogen-bond donors (Lipinski definition) is 1. The Morgan fingerprint density at radius 1 is 1.54 bits per heavy atom. The Kier molecular flexibility index (Phi) is 5.12. The van der Waals surface area contributed by atoms with Gasteiger partial charge in [-0.2, -0.15) is 0 Å². The molecule has 1 amide bonds. The van der Waals surface area contributed by atoms with Gasteiger partial charge in [0.2, 0.25) is 5.91 Å². The van der Waals surface area contributed by atoms with Crippen molar-refractivity contribution >= 4 is 5.91 Å². The number of carbonyl (C=O) groups excluding carboxylic acids is 1. The smallest absolute Gasteiger partial charge is 0.248 e. The van der Waals surface area contributed by atoms with Crippen LogP contribution in [-0.2, 0) is 16.1 Å². The van der Waals surface area contributed by atoms with Gasteiger partial charge in [0, 0.05) is 50.5 Å². The molecule has 1 N–H and O–H groups in total. The van der Waals surface area contributed by atoms with Crippen molar-refractivity contribution < 1.29 is 19.0 Å². The lowest BCUT2D eigenvalue weighted by Gasteiger charge is -2.43. The van der Waals surface area contributed by atoms with E-state index in [1.54, 1.807) is 17.2 Å². The van der Waals surface area contributed by atoms with Crippen molar-refractivity contribution in [2.24, 2.45) is 11.3 Å². The summed E-state index contributed by atoms with van der Waals surface area (Å²) >= 11 is 0. The zero-order valence-corrected chi connectivity index (χ0v) is 13.9. The molecule has 3 heterocycles. The number of fused-ring (bicyclic) bond motifs is 1. The molecular weight excluding hydrogens is 313 g/mol. The molecule has 0 aromatic carbocycles. The minimum atomic E-state index is -0.328. The van der Waals surface area contributed by atoms with Gasteiger partial charge in [0.15, 0.2) is 0 Å². The van der Waals surface area contributed by atoms with Crippen LogP contribution >= 0.6 is 0 Å². The Hall–Kier alpha value is -1.57. The molecule has 132 valence electrons. The molecule has 2 atom stereocenters. The monoisotopic (exact) mass is 337 g/mol. The van der Waals surface area contributed by atoms with Crippen LogP contribution in [-0.4, -0.2) is 72.3 Å². The molecular formula is C17H24FN3O3. The molecule has 0 radical (unpaired) electrons. The fourth-order valence-electron chi connectivity index (χ4n) is 4.01. The van der Waals surface area contributed by atoms with Crippen LogP contribution in [0, 0.1) is 17.2 Å². The average molecular weight is 337 g/mol. The zero-order valence-electron chi connectivity index (χ0n) is 13.9. The highest BCUT2D eigenvalue weighted by Gasteiger charge is 2.50. The van der Waals surface area contributed by atoms with Crippen LogP contribution in [0.4, 0.5) is 4.39 Å². The Bertz CT molecular complexity index is 600. The van der Waals surface area contributed by atoms with Crippen molar-refractivity contribution in [3.05, 3.63) is 29.8 Å².